The lowest BCUT2D eigenvalue weighted by atomic mass is 10.2. The molecule has 0 radical (unpaired) electrons. The Labute approximate surface area is 170 Å². The van der Waals surface area contributed by atoms with E-state index in [1.807, 2.05) is 30.3 Å². The van der Waals surface area contributed by atoms with E-state index in [9.17, 15) is 13.2 Å². The van der Waals surface area contributed by atoms with Gasteiger partial charge >= 0.3 is 0 Å². The average molecular weight is 420 g/mol. The average Bonchev–Trinajstić information content (AvgIpc) is 3.21. The standard InChI is InChI=1S/C20H22ClN3O3S/c21-17-10-12-19(13-11-17)28(26,27)24(14-16-6-2-1-3-7-16)15-20(25)23-22-18-8-4-5-9-18/h1-3,6-7,10-13H,4-5,8-9,14-15H2,(H,23,25). The third-order valence-electron chi connectivity index (χ3n) is 4.49. The lowest BCUT2D eigenvalue weighted by Gasteiger charge is -2.21. The molecule has 8 heteroatoms. The van der Waals surface area contributed by atoms with E-state index in [1.54, 1.807) is 0 Å². The number of amides is 1. The molecule has 0 atom stereocenters. The van der Waals surface area contributed by atoms with Gasteiger partial charge in [-0.25, -0.2) is 13.8 Å². The number of halogens is 1. The number of nitrogens with zero attached hydrogens (tertiary/aromatic N) is 2. The maximum atomic E-state index is 13.1. The predicted molar refractivity (Wildman–Crippen MR) is 110 cm³/mol. The molecule has 1 aliphatic carbocycles. The van der Waals surface area contributed by atoms with Crippen LogP contribution in [0.1, 0.15) is 31.2 Å². The minimum absolute atomic E-state index is 0.0792. The summed E-state index contributed by atoms with van der Waals surface area (Å²) in [5, 5.41) is 4.57. The summed E-state index contributed by atoms with van der Waals surface area (Å²) in [6.45, 7) is -0.244. The van der Waals surface area contributed by atoms with Crippen molar-refractivity contribution in [2.45, 2.75) is 37.1 Å². The molecule has 3 rings (SSSR count). The van der Waals surface area contributed by atoms with Crippen LogP contribution < -0.4 is 5.43 Å². The Balaban J connectivity index is 1.80. The molecule has 0 saturated heterocycles. The van der Waals surface area contributed by atoms with Crippen molar-refractivity contribution in [3.63, 3.8) is 0 Å². The maximum absolute atomic E-state index is 13.1. The van der Waals surface area contributed by atoms with E-state index < -0.39 is 15.9 Å². The van der Waals surface area contributed by atoms with Crippen molar-refractivity contribution in [3.05, 3.63) is 65.2 Å². The van der Waals surface area contributed by atoms with Crippen molar-refractivity contribution in [2.24, 2.45) is 5.10 Å². The largest absolute Gasteiger partial charge is 0.272 e. The van der Waals surface area contributed by atoms with Gasteiger partial charge in [0, 0.05) is 17.3 Å². The Morgan fingerprint density at radius 3 is 2.32 bits per heavy atom. The Bertz CT molecular complexity index is 936. The van der Waals surface area contributed by atoms with Gasteiger partial charge in [-0.3, -0.25) is 4.79 Å². The highest BCUT2D eigenvalue weighted by molar-refractivity contribution is 7.89. The summed E-state index contributed by atoms with van der Waals surface area (Å²) in [5.41, 5.74) is 4.23. The van der Waals surface area contributed by atoms with E-state index >= 15 is 0 Å². The summed E-state index contributed by atoms with van der Waals surface area (Å²) in [5.74, 6) is -0.465. The third kappa shape index (κ3) is 5.41. The highest BCUT2D eigenvalue weighted by Gasteiger charge is 2.27. The molecule has 0 aliphatic heterocycles. The molecule has 0 spiro atoms. The van der Waals surface area contributed by atoms with Gasteiger partial charge in [0.15, 0.2) is 0 Å². The van der Waals surface area contributed by atoms with Crippen LogP contribution in [0.4, 0.5) is 0 Å². The minimum atomic E-state index is -3.88. The number of benzene rings is 2. The van der Waals surface area contributed by atoms with Crippen LogP contribution in [0.3, 0.4) is 0 Å². The fourth-order valence-electron chi connectivity index (χ4n) is 3.00. The second-order valence-electron chi connectivity index (χ2n) is 6.63. The van der Waals surface area contributed by atoms with E-state index in [-0.39, 0.29) is 18.0 Å². The molecule has 2 aromatic carbocycles. The minimum Gasteiger partial charge on any atom is -0.272 e. The summed E-state index contributed by atoms with van der Waals surface area (Å²) in [6.07, 6.45) is 3.88. The molecule has 1 fully saturated rings. The number of rotatable bonds is 7. The number of hydrogen-bond donors (Lipinski definition) is 1. The van der Waals surface area contributed by atoms with Crippen molar-refractivity contribution in [1.82, 2.24) is 9.73 Å². The molecule has 148 valence electrons. The Morgan fingerprint density at radius 1 is 1.04 bits per heavy atom. The van der Waals surface area contributed by atoms with Crippen LogP contribution in [0.15, 0.2) is 64.6 Å². The van der Waals surface area contributed by atoms with Crippen LogP contribution in [-0.2, 0) is 21.4 Å². The molecule has 28 heavy (non-hydrogen) atoms. The van der Waals surface area contributed by atoms with Gasteiger partial charge in [-0.2, -0.15) is 9.41 Å². The number of hydrogen-bond acceptors (Lipinski definition) is 4. The van der Waals surface area contributed by atoms with Gasteiger partial charge in [0.2, 0.25) is 10.0 Å². The first-order valence-electron chi connectivity index (χ1n) is 9.09. The number of hydrazone groups is 1. The second kappa shape index (κ2) is 9.32. The summed E-state index contributed by atoms with van der Waals surface area (Å²) >= 11 is 5.87. The lowest BCUT2D eigenvalue weighted by molar-refractivity contribution is -0.121. The number of carbonyl (C=O) groups is 1. The molecule has 0 heterocycles. The SMILES string of the molecule is O=C(CN(Cc1ccccc1)S(=O)(=O)c1ccc(Cl)cc1)NN=C1CCCC1. The van der Waals surface area contributed by atoms with Gasteiger partial charge in [-0.05, 0) is 55.5 Å². The highest BCUT2D eigenvalue weighted by atomic mass is 35.5. The quantitative estimate of drug-likeness (QED) is 0.696. The molecule has 1 saturated carbocycles. The Kier molecular flexibility index (Phi) is 6.83. The molecular weight excluding hydrogens is 398 g/mol. The van der Waals surface area contributed by atoms with E-state index in [0.717, 1.165) is 41.3 Å². The first-order chi connectivity index (χ1) is 13.4. The summed E-state index contributed by atoms with van der Waals surface area (Å²) in [7, 11) is -3.88. The number of sulfonamides is 1. The molecular formula is C20H22ClN3O3S. The van der Waals surface area contributed by atoms with Crippen LogP contribution in [0, 0.1) is 0 Å². The van der Waals surface area contributed by atoms with Crippen LogP contribution in [0.25, 0.3) is 0 Å². The summed E-state index contributed by atoms with van der Waals surface area (Å²) in [6, 6.07) is 15.1. The van der Waals surface area contributed by atoms with Crippen molar-refractivity contribution in [1.29, 1.82) is 0 Å². The van der Waals surface area contributed by atoms with Crippen LogP contribution in [-0.4, -0.2) is 30.9 Å². The fourth-order valence-corrected chi connectivity index (χ4v) is 4.51. The molecule has 0 unspecified atom stereocenters. The molecule has 0 aromatic heterocycles. The van der Waals surface area contributed by atoms with Gasteiger partial charge in [-0.1, -0.05) is 41.9 Å². The maximum Gasteiger partial charge on any atom is 0.255 e. The van der Waals surface area contributed by atoms with Gasteiger partial charge in [-0.15, -0.1) is 0 Å². The number of carbonyl (C=O) groups excluding carboxylic acids is 1. The lowest BCUT2D eigenvalue weighted by Crippen LogP contribution is -2.39. The van der Waals surface area contributed by atoms with E-state index in [0.29, 0.717) is 5.02 Å². The highest BCUT2D eigenvalue weighted by Crippen LogP contribution is 2.20. The fraction of sp³-hybridized carbons (Fsp3) is 0.300. The predicted octanol–water partition coefficient (Wildman–Crippen LogP) is 3.58. The van der Waals surface area contributed by atoms with Gasteiger partial charge in [0.25, 0.3) is 5.91 Å². The van der Waals surface area contributed by atoms with Gasteiger partial charge in [0.1, 0.15) is 0 Å². The van der Waals surface area contributed by atoms with E-state index in [1.165, 1.54) is 24.3 Å². The van der Waals surface area contributed by atoms with Crippen molar-refractivity contribution in [2.75, 3.05) is 6.54 Å². The Morgan fingerprint density at radius 2 is 1.68 bits per heavy atom. The van der Waals surface area contributed by atoms with Crippen LogP contribution in [0.2, 0.25) is 5.02 Å². The van der Waals surface area contributed by atoms with Crippen molar-refractivity contribution in [3.8, 4) is 0 Å². The number of nitrogens with one attached hydrogen (secondary N) is 1. The molecule has 1 amide bonds. The normalized spacial score (nSPS) is 14.3. The molecule has 1 N–H and O–H groups in total. The molecule has 2 aromatic rings. The Hall–Kier alpha value is -2.22. The topological polar surface area (TPSA) is 78.8 Å². The molecule has 6 nitrogen and oxygen atoms in total. The monoisotopic (exact) mass is 419 g/mol. The summed E-state index contributed by atoms with van der Waals surface area (Å²) < 4.78 is 27.4. The second-order valence-corrected chi connectivity index (χ2v) is 9.01. The first kappa shape index (κ1) is 20.5. The van der Waals surface area contributed by atoms with Gasteiger partial charge in [0.05, 0.1) is 11.4 Å². The van der Waals surface area contributed by atoms with E-state index in [4.69, 9.17) is 11.6 Å². The summed E-state index contributed by atoms with van der Waals surface area (Å²) in [4.78, 5) is 12.5. The van der Waals surface area contributed by atoms with E-state index in [2.05, 4.69) is 10.5 Å². The van der Waals surface area contributed by atoms with Crippen LogP contribution in [0.5, 0.6) is 0 Å². The zero-order valence-corrected chi connectivity index (χ0v) is 16.9. The van der Waals surface area contributed by atoms with Crippen molar-refractivity contribution >= 4 is 33.2 Å². The van der Waals surface area contributed by atoms with Gasteiger partial charge < -0.3 is 0 Å². The molecule has 1 aliphatic rings. The third-order valence-corrected chi connectivity index (χ3v) is 6.55. The first-order valence-corrected chi connectivity index (χ1v) is 10.9. The smallest absolute Gasteiger partial charge is 0.255 e. The zero-order valence-electron chi connectivity index (χ0n) is 15.3. The van der Waals surface area contributed by atoms with Crippen molar-refractivity contribution < 1.29 is 13.2 Å². The molecule has 0 bridgehead atoms. The van der Waals surface area contributed by atoms with Crippen LogP contribution >= 0.6 is 11.6 Å². The zero-order chi connectivity index (χ0) is 20.0.